The summed E-state index contributed by atoms with van der Waals surface area (Å²) >= 11 is 5.68. The van der Waals surface area contributed by atoms with E-state index in [1.165, 1.54) is 18.8 Å². The van der Waals surface area contributed by atoms with Crippen LogP contribution in [0.5, 0.6) is 0 Å². The zero-order chi connectivity index (χ0) is 31.1. The van der Waals surface area contributed by atoms with Crippen LogP contribution in [-0.4, -0.2) is 88.7 Å². The third-order valence-corrected chi connectivity index (χ3v) is 7.38. The van der Waals surface area contributed by atoms with E-state index in [1.54, 1.807) is 44.2 Å². The number of nitrogens with two attached hydrogens (primary N) is 2. The number of aliphatic carboxylic acids is 1. The van der Waals surface area contributed by atoms with Crippen LogP contribution in [0.15, 0.2) is 30.3 Å². The number of hydrogen-bond acceptors (Lipinski definition) is 9. The first kappa shape index (κ1) is 36.2. The van der Waals surface area contributed by atoms with Crippen molar-refractivity contribution in [2.75, 3.05) is 25.6 Å². The molecular formula is C27H44N6O6S2. The van der Waals surface area contributed by atoms with Gasteiger partial charge in [-0.05, 0) is 49.3 Å². The van der Waals surface area contributed by atoms with Gasteiger partial charge in [0.25, 0.3) is 5.91 Å². The minimum Gasteiger partial charge on any atom is -0.480 e. The second-order valence-corrected chi connectivity index (χ2v) is 11.5. The number of carboxylic acids is 1. The average Bonchev–Trinajstić information content (AvgIpc) is 2.93. The number of carboxylic acid groups (broad SMARTS) is 1. The minimum absolute atomic E-state index is 0.204. The van der Waals surface area contributed by atoms with Gasteiger partial charge in [-0.1, -0.05) is 50.6 Å². The summed E-state index contributed by atoms with van der Waals surface area (Å²) in [5.74, 6) is -3.60. The van der Waals surface area contributed by atoms with Crippen LogP contribution in [0.4, 0.5) is 0 Å². The SMILES string of the molecule is CSCC[C@H](NC(=O)[C@@H](NC(=O)[C@H](C(C)C)N(C)C(=O)[C@H](S)NC(=O)[C@H](N)CCCCN)c1ccccc1)C(=O)O. The molecule has 5 atom stereocenters. The first-order valence-electron chi connectivity index (χ1n) is 13.4. The Morgan fingerprint density at radius 1 is 0.976 bits per heavy atom. The quantitative estimate of drug-likeness (QED) is 0.0700. The summed E-state index contributed by atoms with van der Waals surface area (Å²) in [6.07, 6.45) is 3.81. The van der Waals surface area contributed by atoms with Gasteiger partial charge in [-0.25, -0.2) is 4.79 Å². The summed E-state index contributed by atoms with van der Waals surface area (Å²) in [5, 5.41) is 16.0. The van der Waals surface area contributed by atoms with Crippen molar-refractivity contribution in [2.45, 2.75) is 69.1 Å². The monoisotopic (exact) mass is 612 g/mol. The zero-order valence-electron chi connectivity index (χ0n) is 24.0. The molecule has 0 bridgehead atoms. The molecule has 230 valence electrons. The van der Waals surface area contributed by atoms with Crippen LogP contribution in [0, 0.1) is 5.92 Å². The van der Waals surface area contributed by atoms with Crippen molar-refractivity contribution in [3.05, 3.63) is 35.9 Å². The highest BCUT2D eigenvalue weighted by atomic mass is 32.2. The molecule has 0 fully saturated rings. The van der Waals surface area contributed by atoms with Gasteiger partial charge in [0, 0.05) is 7.05 Å². The zero-order valence-corrected chi connectivity index (χ0v) is 25.8. The van der Waals surface area contributed by atoms with Gasteiger partial charge in [0.1, 0.15) is 18.1 Å². The van der Waals surface area contributed by atoms with Crippen LogP contribution in [0.25, 0.3) is 0 Å². The highest BCUT2D eigenvalue weighted by Crippen LogP contribution is 2.18. The van der Waals surface area contributed by atoms with E-state index in [9.17, 15) is 29.1 Å². The molecule has 41 heavy (non-hydrogen) atoms. The molecule has 0 aliphatic carbocycles. The number of thioether (sulfide) groups is 1. The Balaban J connectivity index is 3.10. The molecule has 14 heteroatoms. The molecule has 0 aliphatic heterocycles. The predicted molar refractivity (Wildman–Crippen MR) is 163 cm³/mol. The van der Waals surface area contributed by atoms with Gasteiger partial charge in [-0.3, -0.25) is 19.2 Å². The van der Waals surface area contributed by atoms with E-state index in [0.717, 1.165) is 11.3 Å². The van der Waals surface area contributed by atoms with Gasteiger partial charge in [0.15, 0.2) is 5.37 Å². The third kappa shape index (κ3) is 11.9. The summed E-state index contributed by atoms with van der Waals surface area (Å²) < 4.78 is 0. The molecule has 0 aromatic heterocycles. The van der Waals surface area contributed by atoms with Gasteiger partial charge < -0.3 is 37.4 Å². The lowest BCUT2D eigenvalue weighted by molar-refractivity contribution is -0.144. The fraction of sp³-hybridized carbons (Fsp3) is 0.593. The molecule has 0 saturated heterocycles. The molecule has 0 heterocycles. The molecular weight excluding hydrogens is 568 g/mol. The van der Waals surface area contributed by atoms with Gasteiger partial charge >= 0.3 is 5.97 Å². The predicted octanol–water partition coefficient (Wildman–Crippen LogP) is 0.478. The highest BCUT2D eigenvalue weighted by molar-refractivity contribution is 7.98. The van der Waals surface area contributed by atoms with Crippen LogP contribution < -0.4 is 27.4 Å². The molecule has 1 aromatic rings. The van der Waals surface area contributed by atoms with E-state index in [2.05, 4.69) is 28.6 Å². The standard InChI is InChI=1S/C27H44N6O6S2/c1-16(2)21(33(3)26(37)25(40)32-22(34)18(29)12-8-9-14-28)24(36)31-20(17-10-6-5-7-11-17)23(35)30-19(27(38)39)13-15-41-4/h5-7,10-11,16,18-21,25,40H,8-9,12-15,28-29H2,1-4H3,(H,30,35)(H,31,36)(H,32,34)(H,38,39)/t18-,19+,20+,21+,25+/m1/s1. The molecule has 12 nitrogen and oxygen atoms in total. The van der Waals surface area contributed by atoms with Crippen molar-refractivity contribution in [3.63, 3.8) is 0 Å². The lowest BCUT2D eigenvalue weighted by atomic mass is 9.99. The maximum absolute atomic E-state index is 13.6. The second-order valence-electron chi connectivity index (χ2n) is 9.97. The smallest absolute Gasteiger partial charge is 0.326 e. The number of nitrogens with zero attached hydrogens (tertiary/aromatic N) is 1. The second kappa shape index (κ2) is 18.6. The first-order chi connectivity index (χ1) is 19.3. The Hall–Kier alpha value is -2.81. The minimum atomic E-state index is -1.26. The van der Waals surface area contributed by atoms with Crippen molar-refractivity contribution in [2.24, 2.45) is 17.4 Å². The summed E-state index contributed by atoms with van der Waals surface area (Å²) in [6, 6.07) is 4.15. The van der Waals surface area contributed by atoms with E-state index in [4.69, 9.17) is 11.5 Å². The number of unbranched alkanes of at least 4 members (excludes halogenated alkanes) is 1. The molecule has 0 aliphatic rings. The van der Waals surface area contributed by atoms with Crippen LogP contribution in [0.3, 0.4) is 0 Å². The molecule has 8 N–H and O–H groups in total. The molecule has 0 radical (unpaired) electrons. The number of nitrogens with one attached hydrogen (secondary N) is 3. The van der Waals surface area contributed by atoms with Crippen molar-refractivity contribution in [1.82, 2.24) is 20.9 Å². The molecule has 1 rings (SSSR count). The van der Waals surface area contributed by atoms with Crippen molar-refractivity contribution in [1.29, 1.82) is 0 Å². The number of rotatable bonds is 18. The maximum atomic E-state index is 13.6. The number of hydrogen-bond donors (Lipinski definition) is 7. The molecule has 4 amide bonds. The number of carbonyl (C=O) groups excluding carboxylic acids is 4. The maximum Gasteiger partial charge on any atom is 0.326 e. The Labute approximate surface area is 251 Å². The third-order valence-electron chi connectivity index (χ3n) is 6.39. The summed E-state index contributed by atoms with van der Waals surface area (Å²) in [7, 11) is 1.41. The van der Waals surface area contributed by atoms with Crippen molar-refractivity contribution in [3.8, 4) is 0 Å². The average molecular weight is 613 g/mol. The number of amides is 4. The Kier molecular flexibility index (Phi) is 16.4. The lowest BCUT2D eigenvalue weighted by Crippen LogP contribution is -2.57. The van der Waals surface area contributed by atoms with Crippen LogP contribution in [0.2, 0.25) is 0 Å². The summed E-state index contributed by atoms with van der Waals surface area (Å²) in [5.41, 5.74) is 11.8. The lowest BCUT2D eigenvalue weighted by Gasteiger charge is -2.33. The van der Waals surface area contributed by atoms with E-state index in [-0.39, 0.29) is 6.42 Å². The Morgan fingerprint density at radius 2 is 1.61 bits per heavy atom. The summed E-state index contributed by atoms with van der Waals surface area (Å²) in [4.78, 5) is 65.3. The molecule has 1 aromatic carbocycles. The Bertz CT molecular complexity index is 1020. The summed E-state index contributed by atoms with van der Waals surface area (Å²) in [6.45, 7) is 3.94. The van der Waals surface area contributed by atoms with E-state index < -0.39 is 65.1 Å². The number of thiol groups is 1. The van der Waals surface area contributed by atoms with E-state index >= 15 is 0 Å². The Morgan fingerprint density at radius 3 is 2.15 bits per heavy atom. The molecule has 0 unspecified atom stereocenters. The van der Waals surface area contributed by atoms with Gasteiger partial charge in [-0.2, -0.15) is 11.8 Å². The van der Waals surface area contributed by atoms with E-state index in [1.807, 2.05) is 6.26 Å². The van der Waals surface area contributed by atoms with Crippen LogP contribution >= 0.6 is 24.4 Å². The van der Waals surface area contributed by atoms with Crippen molar-refractivity contribution < 1.29 is 29.1 Å². The van der Waals surface area contributed by atoms with E-state index in [0.29, 0.717) is 30.7 Å². The molecule has 0 spiro atoms. The number of likely N-dealkylation sites (N-methyl/N-ethyl adjacent to an activating group) is 1. The van der Waals surface area contributed by atoms with Gasteiger partial charge in [0.05, 0.1) is 6.04 Å². The van der Waals surface area contributed by atoms with Crippen molar-refractivity contribution >= 4 is 54.0 Å². The van der Waals surface area contributed by atoms with Gasteiger partial charge in [-0.15, -0.1) is 12.6 Å². The fourth-order valence-electron chi connectivity index (χ4n) is 4.12. The topological polar surface area (TPSA) is 197 Å². The highest BCUT2D eigenvalue weighted by Gasteiger charge is 2.36. The largest absolute Gasteiger partial charge is 0.480 e. The van der Waals surface area contributed by atoms with Crippen LogP contribution in [0.1, 0.15) is 51.1 Å². The normalized spacial score (nSPS) is 14.7. The number of carbonyl (C=O) groups is 5. The number of benzene rings is 1. The van der Waals surface area contributed by atoms with Gasteiger partial charge in [0.2, 0.25) is 17.7 Å². The fourth-order valence-corrected chi connectivity index (χ4v) is 4.90. The first-order valence-corrected chi connectivity index (χ1v) is 15.3. The van der Waals surface area contributed by atoms with Crippen LogP contribution in [-0.2, 0) is 24.0 Å². The molecule has 0 saturated carbocycles.